The fourth-order valence-corrected chi connectivity index (χ4v) is 2.90. The van der Waals surface area contributed by atoms with Crippen LogP contribution in [-0.4, -0.2) is 50.7 Å². The first-order chi connectivity index (χ1) is 14.6. The van der Waals surface area contributed by atoms with Crippen LogP contribution < -0.4 is 10.1 Å². The third kappa shape index (κ3) is 5.40. The largest absolute Gasteiger partial charge is 0.470 e. The molecule has 3 aromatic rings. The molecular weight excluding hydrogens is 442 g/mol. The second-order valence-electron chi connectivity index (χ2n) is 7.03. The van der Waals surface area contributed by atoms with Crippen molar-refractivity contribution < 1.29 is 27.1 Å². The van der Waals surface area contributed by atoms with Crippen LogP contribution in [0.5, 0.6) is 5.88 Å². The summed E-state index contributed by atoms with van der Waals surface area (Å²) in [5.74, 6) is -5.02. The van der Waals surface area contributed by atoms with Crippen molar-refractivity contribution in [3.05, 3.63) is 47.0 Å². The molecule has 3 heterocycles. The van der Waals surface area contributed by atoms with Crippen molar-refractivity contribution in [2.24, 2.45) is 0 Å². The smallest absolute Gasteiger partial charge is 0.340 e. The number of hydrogen-bond donors (Lipinski definition) is 1. The molecular formula is C19H18ClF4N5O2. The number of amides is 1. The lowest BCUT2D eigenvalue weighted by Crippen LogP contribution is -2.34. The summed E-state index contributed by atoms with van der Waals surface area (Å²) in [7, 11) is 0. The van der Waals surface area contributed by atoms with E-state index in [1.807, 2.05) is 13.8 Å². The molecule has 1 N–H and O–H groups in total. The van der Waals surface area contributed by atoms with Crippen LogP contribution in [0.15, 0.2) is 30.7 Å². The number of halogens is 5. The van der Waals surface area contributed by atoms with Crippen LogP contribution in [0.2, 0.25) is 5.02 Å². The maximum atomic E-state index is 13.0. The Kier molecular flexibility index (Phi) is 6.63. The summed E-state index contributed by atoms with van der Waals surface area (Å²) in [5.41, 5.74) is 1.33. The van der Waals surface area contributed by atoms with Gasteiger partial charge in [0.1, 0.15) is 10.7 Å². The minimum absolute atomic E-state index is 0.0609. The predicted octanol–water partition coefficient (Wildman–Crippen LogP) is 3.95. The molecule has 0 atom stereocenters. The van der Waals surface area contributed by atoms with Crippen molar-refractivity contribution in [3.8, 4) is 5.88 Å². The third-order valence-corrected chi connectivity index (χ3v) is 4.32. The molecule has 0 saturated heterocycles. The van der Waals surface area contributed by atoms with Crippen LogP contribution in [0.1, 0.15) is 29.9 Å². The second kappa shape index (κ2) is 9.04. The average molecular weight is 460 g/mol. The standard InChI is InChI=1S/C19H18ClF4N5O2/c1-10(2)27-16(30)15-12-8-29(28-14(12)3-4-25-15)7-11-5-13(20)17(26-6-11)31-9-19(23,24)18(21)22/h3-6,8,10,18H,7,9H2,1-2H3,(H,27,30). The van der Waals surface area contributed by atoms with Crippen LogP contribution in [0, 0.1) is 0 Å². The highest BCUT2D eigenvalue weighted by atomic mass is 35.5. The van der Waals surface area contributed by atoms with Crippen LogP contribution in [0.25, 0.3) is 10.9 Å². The Labute approximate surface area is 179 Å². The minimum atomic E-state index is -4.31. The number of ether oxygens (including phenoxy) is 1. The van der Waals surface area contributed by atoms with Gasteiger partial charge in [0.05, 0.1) is 17.4 Å². The number of carbonyl (C=O) groups is 1. The van der Waals surface area contributed by atoms with Gasteiger partial charge < -0.3 is 10.1 Å². The maximum Gasteiger partial charge on any atom is 0.340 e. The van der Waals surface area contributed by atoms with E-state index in [1.165, 1.54) is 23.1 Å². The third-order valence-electron chi connectivity index (χ3n) is 4.05. The number of aromatic nitrogens is 4. The molecule has 31 heavy (non-hydrogen) atoms. The number of carbonyl (C=O) groups excluding carboxylic acids is 1. The number of nitrogens with one attached hydrogen (secondary N) is 1. The zero-order valence-corrected chi connectivity index (χ0v) is 17.2. The van der Waals surface area contributed by atoms with Crippen molar-refractivity contribution in [1.82, 2.24) is 25.1 Å². The van der Waals surface area contributed by atoms with Gasteiger partial charge in [0.2, 0.25) is 5.88 Å². The fourth-order valence-electron chi connectivity index (χ4n) is 2.66. The molecule has 3 rings (SSSR count). The first-order valence-electron chi connectivity index (χ1n) is 9.13. The number of pyridine rings is 2. The molecule has 0 fully saturated rings. The number of hydrogen-bond acceptors (Lipinski definition) is 5. The molecule has 0 aliphatic carbocycles. The summed E-state index contributed by atoms with van der Waals surface area (Å²) >= 11 is 5.99. The van der Waals surface area contributed by atoms with Gasteiger partial charge in [-0.1, -0.05) is 11.6 Å². The van der Waals surface area contributed by atoms with Gasteiger partial charge in [-0.3, -0.25) is 14.5 Å². The molecule has 0 spiro atoms. The van der Waals surface area contributed by atoms with Crippen molar-refractivity contribution in [1.29, 1.82) is 0 Å². The molecule has 12 heteroatoms. The molecule has 166 valence electrons. The SMILES string of the molecule is CC(C)NC(=O)c1nccc2nn(Cc3cnc(OCC(F)(F)C(F)F)c(Cl)c3)cc12. The van der Waals surface area contributed by atoms with E-state index >= 15 is 0 Å². The molecule has 0 unspecified atom stereocenters. The van der Waals surface area contributed by atoms with E-state index in [9.17, 15) is 22.4 Å². The predicted molar refractivity (Wildman–Crippen MR) is 105 cm³/mol. The van der Waals surface area contributed by atoms with Gasteiger partial charge in [-0.15, -0.1) is 0 Å². The Morgan fingerprint density at radius 1 is 1.32 bits per heavy atom. The molecule has 1 amide bonds. The summed E-state index contributed by atoms with van der Waals surface area (Å²) in [6, 6.07) is 3.00. The van der Waals surface area contributed by atoms with Gasteiger partial charge in [0.15, 0.2) is 6.61 Å². The quantitative estimate of drug-likeness (QED) is 0.516. The van der Waals surface area contributed by atoms with Gasteiger partial charge in [0, 0.05) is 24.6 Å². The Morgan fingerprint density at radius 3 is 2.71 bits per heavy atom. The maximum absolute atomic E-state index is 13.0. The lowest BCUT2D eigenvalue weighted by molar-refractivity contribution is -0.148. The number of rotatable bonds is 8. The van der Waals surface area contributed by atoms with Gasteiger partial charge in [-0.25, -0.2) is 13.8 Å². The van der Waals surface area contributed by atoms with E-state index in [-0.39, 0.29) is 35.1 Å². The lowest BCUT2D eigenvalue weighted by atomic mass is 10.2. The summed E-state index contributed by atoms with van der Waals surface area (Å²) < 4.78 is 56.6. The van der Waals surface area contributed by atoms with Crippen LogP contribution in [0.3, 0.4) is 0 Å². The first-order valence-corrected chi connectivity index (χ1v) is 9.51. The lowest BCUT2D eigenvalue weighted by Gasteiger charge is -2.16. The molecule has 0 aliphatic heterocycles. The fraction of sp³-hybridized carbons (Fsp3) is 0.368. The summed E-state index contributed by atoms with van der Waals surface area (Å²) in [5, 5.41) is 7.59. The highest BCUT2D eigenvalue weighted by molar-refractivity contribution is 6.31. The zero-order chi connectivity index (χ0) is 22.8. The van der Waals surface area contributed by atoms with Crippen LogP contribution in [-0.2, 0) is 6.54 Å². The summed E-state index contributed by atoms with van der Waals surface area (Å²) in [6.45, 7) is 2.32. The molecule has 3 aromatic heterocycles. The van der Waals surface area contributed by atoms with E-state index in [2.05, 4.69) is 25.1 Å². The average Bonchev–Trinajstić information content (AvgIpc) is 3.08. The van der Waals surface area contributed by atoms with Gasteiger partial charge >= 0.3 is 12.3 Å². The van der Waals surface area contributed by atoms with E-state index < -0.39 is 19.0 Å². The van der Waals surface area contributed by atoms with Gasteiger partial charge in [0.25, 0.3) is 5.91 Å². The Balaban J connectivity index is 1.77. The highest BCUT2D eigenvalue weighted by Crippen LogP contribution is 2.28. The minimum Gasteiger partial charge on any atom is -0.470 e. The van der Waals surface area contributed by atoms with Crippen molar-refractivity contribution in [3.63, 3.8) is 0 Å². The summed E-state index contributed by atoms with van der Waals surface area (Å²) in [4.78, 5) is 20.3. The monoisotopic (exact) mass is 459 g/mol. The second-order valence-corrected chi connectivity index (χ2v) is 7.44. The number of fused-ring (bicyclic) bond motifs is 1. The number of alkyl halides is 4. The van der Waals surface area contributed by atoms with Crippen molar-refractivity contribution >= 4 is 28.4 Å². The topological polar surface area (TPSA) is 81.9 Å². The Morgan fingerprint density at radius 2 is 2.06 bits per heavy atom. The molecule has 7 nitrogen and oxygen atoms in total. The zero-order valence-electron chi connectivity index (χ0n) is 16.5. The molecule has 0 radical (unpaired) electrons. The van der Waals surface area contributed by atoms with Gasteiger partial charge in [-0.05, 0) is 31.5 Å². The van der Waals surface area contributed by atoms with Crippen LogP contribution >= 0.6 is 11.6 Å². The normalized spacial score (nSPS) is 12.0. The molecule has 0 bridgehead atoms. The van der Waals surface area contributed by atoms with Crippen molar-refractivity contribution in [2.45, 2.75) is 38.8 Å². The van der Waals surface area contributed by atoms with E-state index in [1.54, 1.807) is 12.3 Å². The van der Waals surface area contributed by atoms with Crippen molar-refractivity contribution in [2.75, 3.05) is 6.61 Å². The molecule has 0 aromatic carbocycles. The first kappa shape index (κ1) is 22.7. The van der Waals surface area contributed by atoms with E-state index in [4.69, 9.17) is 11.6 Å². The van der Waals surface area contributed by atoms with E-state index in [0.29, 0.717) is 16.5 Å². The Hall–Kier alpha value is -2.95. The Bertz CT molecular complexity index is 1090. The van der Waals surface area contributed by atoms with Crippen LogP contribution in [0.4, 0.5) is 17.6 Å². The number of nitrogens with zero attached hydrogens (tertiary/aromatic N) is 4. The molecule has 0 saturated carbocycles. The molecule has 0 aliphatic rings. The summed E-state index contributed by atoms with van der Waals surface area (Å²) in [6.07, 6.45) is 0.563. The highest BCUT2D eigenvalue weighted by Gasteiger charge is 2.42. The van der Waals surface area contributed by atoms with E-state index in [0.717, 1.165) is 0 Å². The van der Waals surface area contributed by atoms with Gasteiger partial charge in [-0.2, -0.15) is 13.9 Å².